The summed E-state index contributed by atoms with van der Waals surface area (Å²) in [6.07, 6.45) is 5.24. The minimum Gasteiger partial charge on any atom is -0.299 e. The first-order valence-electron chi connectivity index (χ1n) is 4.46. The molecule has 0 radical (unpaired) electrons. The molecule has 0 atom stereocenters. The van der Waals surface area contributed by atoms with Crippen molar-refractivity contribution >= 4 is 5.71 Å². The summed E-state index contributed by atoms with van der Waals surface area (Å²) < 4.78 is 0. The smallest absolute Gasteiger partial charge is 0.0879 e. The lowest BCUT2D eigenvalue weighted by Crippen LogP contribution is -1.98. The number of allylic oxidation sites excluding steroid dienone is 3. The monoisotopic (exact) mass is 186 g/mol. The number of aryl methyl sites for hydroxylation is 1. The molecule has 2 heteroatoms. The van der Waals surface area contributed by atoms with E-state index in [-0.39, 0.29) is 0 Å². The molecule has 1 aromatic heterocycles. The third kappa shape index (κ3) is 2.66. The molecule has 0 aliphatic heterocycles. The second kappa shape index (κ2) is 4.51. The van der Waals surface area contributed by atoms with Crippen LogP contribution in [0.5, 0.6) is 0 Å². The highest BCUT2D eigenvalue weighted by molar-refractivity contribution is 6.05. The van der Waals surface area contributed by atoms with Crippen molar-refractivity contribution in [3.8, 4) is 0 Å². The Balaban J connectivity index is 2.90. The van der Waals surface area contributed by atoms with Gasteiger partial charge in [0.05, 0.1) is 11.4 Å². The Morgan fingerprint density at radius 1 is 1.50 bits per heavy atom. The van der Waals surface area contributed by atoms with Gasteiger partial charge < -0.3 is 0 Å². The van der Waals surface area contributed by atoms with Gasteiger partial charge in [0, 0.05) is 6.20 Å². The van der Waals surface area contributed by atoms with E-state index in [9.17, 15) is 0 Å². The number of pyridine rings is 1. The lowest BCUT2D eigenvalue weighted by Gasteiger charge is -1.99. The summed E-state index contributed by atoms with van der Waals surface area (Å²) >= 11 is 0. The van der Waals surface area contributed by atoms with Gasteiger partial charge in [-0.15, -0.1) is 0 Å². The van der Waals surface area contributed by atoms with E-state index < -0.39 is 0 Å². The molecule has 1 heterocycles. The van der Waals surface area contributed by atoms with E-state index in [2.05, 4.69) is 11.6 Å². The minimum absolute atomic E-state index is 0.419. The summed E-state index contributed by atoms with van der Waals surface area (Å²) in [6, 6.07) is 3.80. The maximum absolute atomic E-state index is 7.75. The Morgan fingerprint density at radius 2 is 2.21 bits per heavy atom. The van der Waals surface area contributed by atoms with Gasteiger partial charge in [-0.05, 0) is 37.1 Å². The summed E-state index contributed by atoms with van der Waals surface area (Å²) in [5, 5.41) is 7.75. The van der Waals surface area contributed by atoms with Gasteiger partial charge in [0.2, 0.25) is 0 Å². The Hall–Kier alpha value is -1.70. The molecule has 0 saturated heterocycles. The Kier molecular flexibility index (Phi) is 3.35. The normalized spacial score (nSPS) is 11.1. The number of nitrogens with one attached hydrogen (secondary N) is 1. The first-order valence-corrected chi connectivity index (χ1v) is 4.46. The number of hydrogen-bond acceptors (Lipinski definition) is 2. The van der Waals surface area contributed by atoms with Gasteiger partial charge in [-0.2, -0.15) is 0 Å². The number of nitrogens with zero attached hydrogens (tertiary/aromatic N) is 1. The van der Waals surface area contributed by atoms with Gasteiger partial charge >= 0.3 is 0 Å². The fraction of sp³-hybridized carbons (Fsp3) is 0.167. The molecule has 0 bridgehead atoms. The zero-order valence-corrected chi connectivity index (χ0v) is 8.54. The van der Waals surface area contributed by atoms with Crippen LogP contribution in [0.2, 0.25) is 0 Å². The van der Waals surface area contributed by atoms with E-state index in [0.717, 1.165) is 11.1 Å². The Labute approximate surface area is 84.5 Å². The number of rotatable bonds is 3. The minimum atomic E-state index is 0.419. The van der Waals surface area contributed by atoms with Crippen molar-refractivity contribution in [1.82, 2.24) is 4.98 Å². The van der Waals surface area contributed by atoms with E-state index in [0.29, 0.717) is 11.4 Å². The van der Waals surface area contributed by atoms with Crippen LogP contribution in [0.1, 0.15) is 18.2 Å². The molecule has 1 rings (SSSR count). The lowest BCUT2D eigenvalue weighted by molar-refractivity contribution is 1.23. The quantitative estimate of drug-likeness (QED) is 0.572. The predicted molar refractivity (Wildman–Crippen MR) is 59.8 cm³/mol. The fourth-order valence-corrected chi connectivity index (χ4v) is 0.988. The maximum atomic E-state index is 7.75. The highest BCUT2D eigenvalue weighted by atomic mass is 14.7. The molecule has 2 nitrogen and oxygen atoms in total. The SMILES string of the molecule is C=C/C(C)=C/C(=N)c1ccc(C)cn1. The molecule has 0 amide bonds. The number of hydrogen-bond donors (Lipinski definition) is 1. The summed E-state index contributed by atoms with van der Waals surface area (Å²) in [6.45, 7) is 7.53. The largest absolute Gasteiger partial charge is 0.299 e. The van der Waals surface area contributed by atoms with Gasteiger partial charge in [-0.3, -0.25) is 10.4 Å². The van der Waals surface area contributed by atoms with Gasteiger partial charge in [0.25, 0.3) is 0 Å². The van der Waals surface area contributed by atoms with Crippen molar-refractivity contribution in [2.45, 2.75) is 13.8 Å². The standard InChI is InChI=1S/C12H14N2/c1-4-9(2)7-11(13)12-6-5-10(3)8-14-12/h4-8,13H,1H2,2-3H3/b9-7+,13-11?. The van der Waals surface area contributed by atoms with Crippen molar-refractivity contribution in [3.05, 3.63) is 53.9 Å². The zero-order chi connectivity index (χ0) is 10.6. The first-order chi connectivity index (χ1) is 6.63. The molecule has 0 saturated carbocycles. The van der Waals surface area contributed by atoms with Crippen LogP contribution in [0.15, 0.2) is 42.6 Å². The molecule has 1 aromatic rings. The molecule has 0 unspecified atom stereocenters. The van der Waals surface area contributed by atoms with Crippen LogP contribution in [0, 0.1) is 12.3 Å². The average Bonchev–Trinajstić information content (AvgIpc) is 2.18. The van der Waals surface area contributed by atoms with Crippen molar-refractivity contribution in [1.29, 1.82) is 5.41 Å². The van der Waals surface area contributed by atoms with Crippen LogP contribution >= 0.6 is 0 Å². The van der Waals surface area contributed by atoms with Gasteiger partial charge in [-0.1, -0.05) is 18.7 Å². The van der Waals surface area contributed by atoms with E-state index in [4.69, 9.17) is 5.41 Å². The zero-order valence-electron chi connectivity index (χ0n) is 8.54. The fourth-order valence-electron chi connectivity index (χ4n) is 0.988. The van der Waals surface area contributed by atoms with Crippen LogP contribution in [-0.2, 0) is 0 Å². The summed E-state index contributed by atoms with van der Waals surface area (Å²) in [4.78, 5) is 4.16. The maximum Gasteiger partial charge on any atom is 0.0879 e. The Morgan fingerprint density at radius 3 is 2.71 bits per heavy atom. The molecule has 1 N–H and O–H groups in total. The van der Waals surface area contributed by atoms with Crippen LogP contribution in [-0.4, -0.2) is 10.7 Å². The Bertz CT molecular complexity index is 372. The lowest BCUT2D eigenvalue weighted by atomic mass is 10.1. The molecule has 72 valence electrons. The summed E-state index contributed by atoms with van der Waals surface area (Å²) in [7, 11) is 0. The van der Waals surface area contributed by atoms with Crippen LogP contribution in [0.3, 0.4) is 0 Å². The summed E-state index contributed by atoms with van der Waals surface area (Å²) in [5.41, 5.74) is 3.18. The highest BCUT2D eigenvalue weighted by Gasteiger charge is 1.98. The third-order valence-electron chi connectivity index (χ3n) is 1.88. The topological polar surface area (TPSA) is 36.7 Å². The molecule has 0 aromatic carbocycles. The van der Waals surface area contributed by atoms with E-state index in [1.54, 1.807) is 18.3 Å². The molecular formula is C12H14N2. The van der Waals surface area contributed by atoms with E-state index >= 15 is 0 Å². The van der Waals surface area contributed by atoms with Gasteiger partial charge in [-0.25, -0.2) is 0 Å². The van der Waals surface area contributed by atoms with E-state index in [1.165, 1.54) is 0 Å². The second-order valence-corrected chi connectivity index (χ2v) is 3.23. The molecule has 0 aliphatic rings. The summed E-state index contributed by atoms with van der Waals surface area (Å²) in [5.74, 6) is 0. The highest BCUT2D eigenvalue weighted by Crippen LogP contribution is 2.03. The second-order valence-electron chi connectivity index (χ2n) is 3.23. The molecule has 0 fully saturated rings. The van der Waals surface area contributed by atoms with Crippen LogP contribution < -0.4 is 0 Å². The van der Waals surface area contributed by atoms with Crippen molar-refractivity contribution in [2.75, 3.05) is 0 Å². The number of aromatic nitrogens is 1. The van der Waals surface area contributed by atoms with E-state index in [1.807, 2.05) is 26.0 Å². The molecule has 0 aliphatic carbocycles. The average molecular weight is 186 g/mol. The van der Waals surface area contributed by atoms with Crippen molar-refractivity contribution < 1.29 is 0 Å². The van der Waals surface area contributed by atoms with Crippen LogP contribution in [0.25, 0.3) is 0 Å². The molecular weight excluding hydrogens is 172 g/mol. The predicted octanol–water partition coefficient (Wildman–Crippen LogP) is 2.89. The first kappa shape index (κ1) is 10.4. The third-order valence-corrected chi connectivity index (χ3v) is 1.88. The van der Waals surface area contributed by atoms with Crippen LogP contribution in [0.4, 0.5) is 0 Å². The van der Waals surface area contributed by atoms with Gasteiger partial charge in [0.1, 0.15) is 0 Å². The molecule has 14 heavy (non-hydrogen) atoms. The van der Waals surface area contributed by atoms with Crippen molar-refractivity contribution in [3.63, 3.8) is 0 Å². The van der Waals surface area contributed by atoms with Crippen molar-refractivity contribution in [2.24, 2.45) is 0 Å². The van der Waals surface area contributed by atoms with Gasteiger partial charge in [0.15, 0.2) is 0 Å². The molecule has 0 spiro atoms.